The molecule has 0 saturated carbocycles. The third-order valence-corrected chi connectivity index (χ3v) is 3.30. The van der Waals surface area contributed by atoms with Gasteiger partial charge in [-0.1, -0.05) is 33.2 Å². The van der Waals surface area contributed by atoms with Gasteiger partial charge in [-0.2, -0.15) is 0 Å². The highest BCUT2D eigenvalue weighted by molar-refractivity contribution is 6.03. The molecule has 0 atom stereocenters. The van der Waals surface area contributed by atoms with E-state index in [0.29, 0.717) is 5.57 Å². The highest BCUT2D eigenvalue weighted by Gasteiger charge is 2.24. The van der Waals surface area contributed by atoms with Crippen LogP contribution >= 0.6 is 0 Å². The summed E-state index contributed by atoms with van der Waals surface area (Å²) in [5.74, 6) is 0.00996. The molecule has 0 N–H and O–H groups in total. The van der Waals surface area contributed by atoms with Crippen LogP contribution < -0.4 is 0 Å². The zero-order valence-corrected chi connectivity index (χ0v) is 13.0. The minimum absolute atomic E-state index is 0.00996. The van der Waals surface area contributed by atoms with E-state index >= 15 is 0 Å². The SMILES string of the molecule is C=CC[N+](CC=C)(CC=C)CC(=CC(=O)C(=C)C)CC. The van der Waals surface area contributed by atoms with Crippen LogP contribution in [0.4, 0.5) is 0 Å². The Hall–Kier alpha value is -1.67. The molecule has 2 nitrogen and oxygen atoms in total. The molecule has 0 aliphatic carbocycles. The van der Waals surface area contributed by atoms with Crippen LogP contribution in [0.5, 0.6) is 0 Å². The number of carbonyl (C=O) groups is 1. The van der Waals surface area contributed by atoms with Crippen molar-refractivity contribution in [3.63, 3.8) is 0 Å². The summed E-state index contributed by atoms with van der Waals surface area (Å²) in [5, 5.41) is 0. The molecule has 0 aromatic carbocycles. The Morgan fingerprint density at radius 1 is 1.05 bits per heavy atom. The molecular formula is C18H28NO+. The summed E-state index contributed by atoms with van der Waals surface area (Å²) in [6.45, 7) is 22.4. The molecule has 0 bridgehead atoms. The van der Waals surface area contributed by atoms with E-state index in [1.54, 1.807) is 13.0 Å². The molecule has 0 saturated heterocycles. The molecule has 0 heterocycles. The maximum absolute atomic E-state index is 11.8. The van der Waals surface area contributed by atoms with Crippen molar-refractivity contribution in [1.29, 1.82) is 0 Å². The second-order valence-corrected chi connectivity index (χ2v) is 5.21. The maximum atomic E-state index is 11.8. The Bertz CT molecular complexity index is 389. The standard InChI is InChI=1S/C18H28NO/c1-7-11-19(12-8-2,13-9-3)15-17(10-4)14-18(20)16(5)6/h7-9,14H,1-3,5,10-13,15H2,4,6H3/q+1. The molecule has 0 aromatic heterocycles. The van der Waals surface area contributed by atoms with Gasteiger partial charge in [-0.15, -0.1) is 0 Å². The van der Waals surface area contributed by atoms with Gasteiger partial charge in [-0.25, -0.2) is 0 Å². The van der Waals surface area contributed by atoms with Crippen molar-refractivity contribution < 1.29 is 9.28 Å². The van der Waals surface area contributed by atoms with Gasteiger partial charge in [-0.3, -0.25) is 4.79 Å². The van der Waals surface area contributed by atoms with Gasteiger partial charge in [0.25, 0.3) is 0 Å². The van der Waals surface area contributed by atoms with Crippen molar-refractivity contribution in [2.75, 3.05) is 26.2 Å². The highest BCUT2D eigenvalue weighted by Crippen LogP contribution is 2.15. The minimum atomic E-state index is 0.00996. The molecule has 20 heavy (non-hydrogen) atoms. The van der Waals surface area contributed by atoms with Crippen LogP contribution in [0.2, 0.25) is 0 Å². The number of carbonyl (C=O) groups excluding carboxylic acids is 1. The van der Waals surface area contributed by atoms with E-state index in [-0.39, 0.29) is 5.78 Å². The van der Waals surface area contributed by atoms with Gasteiger partial charge in [-0.05, 0) is 48.8 Å². The molecule has 0 fully saturated rings. The summed E-state index contributed by atoms with van der Waals surface area (Å²) in [7, 11) is 0. The molecular weight excluding hydrogens is 246 g/mol. The van der Waals surface area contributed by atoms with Crippen molar-refractivity contribution in [1.82, 2.24) is 0 Å². The first-order chi connectivity index (χ1) is 9.44. The van der Waals surface area contributed by atoms with E-state index in [1.807, 2.05) is 18.2 Å². The Morgan fingerprint density at radius 3 is 1.80 bits per heavy atom. The zero-order valence-electron chi connectivity index (χ0n) is 13.0. The summed E-state index contributed by atoms with van der Waals surface area (Å²) < 4.78 is 0.777. The highest BCUT2D eigenvalue weighted by atomic mass is 16.1. The van der Waals surface area contributed by atoms with Crippen molar-refractivity contribution in [3.8, 4) is 0 Å². The van der Waals surface area contributed by atoms with Crippen molar-refractivity contribution >= 4 is 5.78 Å². The molecule has 0 unspecified atom stereocenters. The van der Waals surface area contributed by atoms with E-state index in [9.17, 15) is 4.79 Å². The molecule has 0 aromatic rings. The van der Waals surface area contributed by atoms with Crippen molar-refractivity contribution in [2.24, 2.45) is 0 Å². The van der Waals surface area contributed by atoms with Gasteiger partial charge in [0.15, 0.2) is 5.78 Å². The Morgan fingerprint density at radius 2 is 1.50 bits per heavy atom. The second kappa shape index (κ2) is 9.27. The smallest absolute Gasteiger partial charge is 0.181 e. The molecule has 0 aliphatic rings. The fourth-order valence-corrected chi connectivity index (χ4v) is 2.24. The van der Waals surface area contributed by atoms with E-state index in [1.165, 1.54) is 0 Å². The summed E-state index contributed by atoms with van der Waals surface area (Å²) >= 11 is 0. The number of ketones is 1. The van der Waals surface area contributed by atoms with E-state index in [0.717, 1.165) is 42.7 Å². The lowest BCUT2D eigenvalue weighted by atomic mass is 10.1. The fraction of sp³-hybridized carbons (Fsp3) is 0.389. The quantitative estimate of drug-likeness (QED) is 0.318. The van der Waals surface area contributed by atoms with Crippen LogP contribution in [0.15, 0.2) is 61.8 Å². The van der Waals surface area contributed by atoms with E-state index in [2.05, 4.69) is 33.2 Å². The van der Waals surface area contributed by atoms with Gasteiger partial charge in [0.1, 0.15) is 6.54 Å². The largest absolute Gasteiger partial charge is 0.310 e. The number of hydrogen-bond acceptors (Lipinski definition) is 1. The first-order valence-electron chi connectivity index (χ1n) is 7.01. The topological polar surface area (TPSA) is 17.1 Å². The Labute approximate surface area is 124 Å². The fourth-order valence-electron chi connectivity index (χ4n) is 2.24. The first-order valence-corrected chi connectivity index (χ1v) is 7.01. The summed E-state index contributed by atoms with van der Waals surface area (Å²) in [6, 6.07) is 0. The van der Waals surface area contributed by atoms with Crippen LogP contribution in [-0.4, -0.2) is 36.4 Å². The predicted molar refractivity (Wildman–Crippen MR) is 88.5 cm³/mol. The van der Waals surface area contributed by atoms with Crippen molar-refractivity contribution in [3.05, 3.63) is 61.8 Å². The minimum Gasteiger partial charge on any atom is -0.310 e. The molecule has 0 amide bonds. The molecule has 0 radical (unpaired) electrons. The lowest BCUT2D eigenvalue weighted by molar-refractivity contribution is -0.907. The van der Waals surface area contributed by atoms with Gasteiger partial charge < -0.3 is 4.48 Å². The number of quaternary nitrogens is 1. The third-order valence-electron chi connectivity index (χ3n) is 3.30. The van der Waals surface area contributed by atoms with Gasteiger partial charge in [0, 0.05) is 0 Å². The first kappa shape index (κ1) is 18.3. The van der Waals surface area contributed by atoms with Gasteiger partial charge >= 0.3 is 0 Å². The number of hydrogen-bond donors (Lipinski definition) is 0. The molecule has 110 valence electrons. The number of allylic oxidation sites excluding steroid dienone is 2. The summed E-state index contributed by atoms with van der Waals surface area (Å²) in [4.78, 5) is 11.8. The van der Waals surface area contributed by atoms with Gasteiger partial charge in [0.05, 0.1) is 19.6 Å². The monoisotopic (exact) mass is 274 g/mol. The Kier molecular flexibility index (Phi) is 8.49. The van der Waals surface area contributed by atoms with Crippen molar-refractivity contribution in [2.45, 2.75) is 20.3 Å². The normalized spacial score (nSPS) is 11.8. The summed E-state index contributed by atoms with van der Waals surface area (Å²) in [6.07, 6.45) is 8.33. The lowest BCUT2D eigenvalue weighted by Gasteiger charge is -2.37. The van der Waals surface area contributed by atoms with Crippen LogP contribution in [0.1, 0.15) is 20.3 Å². The summed E-state index contributed by atoms with van der Waals surface area (Å²) in [5.41, 5.74) is 1.70. The van der Waals surface area contributed by atoms with E-state index in [4.69, 9.17) is 0 Å². The number of rotatable bonds is 11. The molecule has 0 rings (SSSR count). The molecule has 2 heteroatoms. The van der Waals surface area contributed by atoms with E-state index < -0.39 is 0 Å². The van der Waals surface area contributed by atoms with Crippen LogP contribution in [0, 0.1) is 0 Å². The average molecular weight is 274 g/mol. The Balaban J connectivity index is 5.31. The average Bonchev–Trinajstić information content (AvgIpc) is 2.38. The third kappa shape index (κ3) is 5.98. The van der Waals surface area contributed by atoms with Crippen LogP contribution in [0.3, 0.4) is 0 Å². The second-order valence-electron chi connectivity index (χ2n) is 5.21. The maximum Gasteiger partial charge on any atom is 0.181 e. The van der Waals surface area contributed by atoms with Gasteiger partial charge in [0.2, 0.25) is 0 Å². The molecule has 0 spiro atoms. The lowest BCUT2D eigenvalue weighted by Crippen LogP contribution is -2.49. The zero-order chi connectivity index (χ0) is 15.6. The molecule has 0 aliphatic heterocycles. The predicted octanol–water partition coefficient (Wildman–Crippen LogP) is 3.84. The number of nitrogens with zero attached hydrogens (tertiary/aromatic N) is 1. The van der Waals surface area contributed by atoms with Crippen LogP contribution in [-0.2, 0) is 4.79 Å². The van der Waals surface area contributed by atoms with Crippen LogP contribution in [0.25, 0.3) is 0 Å².